The molecule has 0 fully saturated rings. The summed E-state index contributed by atoms with van der Waals surface area (Å²) in [5, 5.41) is 0. The van der Waals surface area contributed by atoms with E-state index in [1.807, 2.05) is 0 Å². The van der Waals surface area contributed by atoms with E-state index in [0.717, 1.165) is 5.56 Å². The minimum atomic E-state index is -0.431. The molecule has 0 bridgehead atoms. The fraction of sp³-hybridized carbons (Fsp3) is 0.100. The second kappa shape index (κ2) is 4.02. The molecule has 15 heavy (non-hydrogen) atoms. The van der Waals surface area contributed by atoms with E-state index >= 15 is 0 Å². The number of hydrogen-bond acceptors (Lipinski definition) is 5. The Morgan fingerprint density at radius 2 is 1.87 bits per heavy atom. The third-order valence-corrected chi connectivity index (χ3v) is 2.09. The minimum Gasteiger partial charge on any atom is -0.398 e. The van der Waals surface area contributed by atoms with Crippen molar-refractivity contribution in [3.05, 3.63) is 48.3 Å². The Morgan fingerprint density at radius 3 is 2.53 bits per heavy atom. The van der Waals surface area contributed by atoms with Crippen molar-refractivity contribution in [3.63, 3.8) is 0 Å². The van der Waals surface area contributed by atoms with Gasteiger partial charge in [0.1, 0.15) is 5.82 Å². The van der Waals surface area contributed by atoms with Crippen LogP contribution in [0.3, 0.4) is 0 Å². The summed E-state index contributed by atoms with van der Waals surface area (Å²) in [5.74, 6) is 0.539. The highest BCUT2D eigenvalue weighted by Gasteiger charge is 2.13. The van der Waals surface area contributed by atoms with Crippen molar-refractivity contribution >= 4 is 5.69 Å². The molecule has 5 nitrogen and oxygen atoms in total. The van der Waals surface area contributed by atoms with E-state index in [1.54, 1.807) is 36.9 Å². The molecule has 0 amide bonds. The second-order valence-corrected chi connectivity index (χ2v) is 3.09. The lowest BCUT2D eigenvalue weighted by molar-refractivity contribution is 0.778. The number of hydrogen-bond donors (Lipinski definition) is 2. The smallest absolute Gasteiger partial charge is 0.149 e. The van der Waals surface area contributed by atoms with Gasteiger partial charge in [-0.1, -0.05) is 0 Å². The van der Waals surface area contributed by atoms with Crippen molar-refractivity contribution in [1.82, 2.24) is 15.0 Å². The molecule has 0 saturated carbocycles. The lowest BCUT2D eigenvalue weighted by atomic mass is 10.1. The Labute approximate surface area is 87.2 Å². The average molecular weight is 201 g/mol. The van der Waals surface area contributed by atoms with Crippen molar-refractivity contribution in [1.29, 1.82) is 0 Å². The van der Waals surface area contributed by atoms with Gasteiger partial charge in [-0.05, 0) is 12.1 Å². The molecular formula is C10H11N5. The Hall–Kier alpha value is -2.01. The number of nitrogen functional groups attached to an aromatic ring is 1. The maximum absolute atomic E-state index is 5.97. The highest BCUT2D eigenvalue weighted by atomic mass is 14.9. The fourth-order valence-electron chi connectivity index (χ4n) is 1.29. The van der Waals surface area contributed by atoms with Gasteiger partial charge in [0.25, 0.3) is 0 Å². The van der Waals surface area contributed by atoms with Gasteiger partial charge in [-0.3, -0.25) is 4.98 Å². The molecule has 0 saturated heterocycles. The first-order chi connectivity index (χ1) is 7.29. The molecule has 4 N–H and O–H groups in total. The highest BCUT2D eigenvalue weighted by Crippen LogP contribution is 2.20. The summed E-state index contributed by atoms with van der Waals surface area (Å²) < 4.78 is 0. The van der Waals surface area contributed by atoms with Crippen LogP contribution in [0.25, 0.3) is 0 Å². The van der Waals surface area contributed by atoms with Crippen LogP contribution in [0, 0.1) is 0 Å². The standard InChI is InChI=1S/C10H11N5/c11-8-2-5-13-6-7(8)9(12)10-14-3-1-4-15-10/h1-6,9H,12H2,(H2,11,13). The van der Waals surface area contributed by atoms with Gasteiger partial charge in [-0.15, -0.1) is 0 Å². The third-order valence-electron chi connectivity index (χ3n) is 2.09. The SMILES string of the molecule is Nc1ccncc1C(N)c1ncccn1. The van der Waals surface area contributed by atoms with Crippen LogP contribution in [0.4, 0.5) is 5.69 Å². The van der Waals surface area contributed by atoms with E-state index in [-0.39, 0.29) is 0 Å². The zero-order valence-electron chi connectivity index (χ0n) is 8.04. The van der Waals surface area contributed by atoms with Crippen molar-refractivity contribution in [2.75, 3.05) is 5.73 Å². The number of anilines is 1. The predicted octanol–water partition coefficient (Wildman–Crippen LogP) is 0.502. The van der Waals surface area contributed by atoms with Crippen molar-refractivity contribution in [3.8, 4) is 0 Å². The van der Waals surface area contributed by atoms with E-state index in [0.29, 0.717) is 11.5 Å². The summed E-state index contributed by atoms with van der Waals surface area (Å²) in [6.45, 7) is 0. The van der Waals surface area contributed by atoms with Crippen molar-refractivity contribution in [2.24, 2.45) is 5.73 Å². The van der Waals surface area contributed by atoms with Crippen LogP contribution < -0.4 is 11.5 Å². The summed E-state index contributed by atoms with van der Waals surface area (Å²) >= 11 is 0. The summed E-state index contributed by atoms with van der Waals surface area (Å²) in [6.07, 6.45) is 6.55. The highest BCUT2D eigenvalue weighted by molar-refractivity contribution is 5.47. The molecule has 0 aliphatic rings. The van der Waals surface area contributed by atoms with E-state index in [4.69, 9.17) is 11.5 Å². The lowest BCUT2D eigenvalue weighted by Crippen LogP contribution is -2.16. The first-order valence-corrected chi connectivity index (χ1v) is 4.51. The number of nitrogens with zero attached hydrogens (tertiary/aromatic N) is 3. The normalized spacial score (nSPS) is 12.3. The van der Waals surface area contributed by atoms with Gasteiger partial charge in [0, 0.05) is 36.0 Å². The number of rotatable bonds is 2. The quantitative estimate of drug-likeness (QED) is 0.738. The number of nitrogens with two attached hydrogens (primary N) is 2. The molecule has 0 spiro atoms. The van der Waals surface area contributed by atoms with E-state index < -0.39 is 6.04 Å². The maximum atomic E-state index is 5.97. The Kier molecular flexibility index (Phi) is 2.55. The van der Waals surface area contributed by atoms with Crippen LogP contribution in [-0.2, 0) is 0 Å². The maximum Gasteiger partial charge on any atom is 0.149 e. The zero-order valence-corrected chi connectivity index (χ0v) is 8.04. The van der Waals surface area contributed by atoms with Gasteiger partial charge in [0.2, 0.25) is 0 Å². The van der Waals surface area contributed by atoms with Crippen LogP contribution in [0.15, 0.2) is 36.9 Å². The summed E-state index contributed by atoms with van der Waals surface area (Å²) in [7, 11) is 0. The number of pyridine rings is 1. The minimum absolute atomic E-state index is 0.431. The number of aromatic nitrogens is 3. The molecule has 1 atom stereocenters. The van der Waals surface area contributed by atoms with Gasteiger partial charge >= 0.3 is 0 Å². The second-order valence-electron chi connectivity index (χ2n) is 3.09. The molecule has 76 valence electrons. The van der Waals surface area contributed by atoms with Gasteiger partial charge in [-0.2, -0.15) is 0 Å². The van der Waals surface area contributed by atoms with Crippen LogP contribution in [0.2, 0.25) is 0 Å². The average Bonchev–Trinajstić information content (AvgIpc) is 2.30. The molecule has 5 heteroatoms. The first kappa shape index (κ1) is 9.54. The topological polar surface area (TPSA) is 90.7 Å². The molecule has 0 aliphatic carbocycles. The summed E-state index contributed by atoms with van der Waals surface area (Å²) in [6, 6.07) is 3.01. The van der Waals surface area contributed by atoms with Crippen LogP contribution in [0.5, 0.6) is 0 Å². The molecule has 2 aromatic rings. The van der Waals surface area contributed by atoms with Gasteiger partial charge in [0.15, 0.2) is 0 Å². The van der Waals surface area contributed by atoms with Gasteiger partial charge < -0.3 is 11.5 Å². The first-order valence-electron chi connectivity index (χ1n) is 4.51. The van der Waals surface area contributed by atoms with E-state index in [9.17, 15) is 0 Å². The van der Waals surface area contributed by atoms with Gasteiger partial charge in [0.05, 0.1) is 6.04 Å². The van der Waals surface area contributed by atoms with Crippen molar-refractivity contribution in [2.45, 2.75) is 6.04 Å². The third kappa shape index (κ3) is 1.92. The van der Waals surface area contributed by atoms with Crippen LogP contribution >= 0.6 is 0 Å². The molecule has 2 rings (SSSR count). The molecule has 0 aliphatic heterocycles. The van der Waals surface area contributed by atoms with Crippen LogP contribution in [-0.4, -0.2) is 15.0 Å². The molecule has 0 aromatic carbocycles. The van der Waals surface area contributed by atoms with Gasteiger partial charge in [-0.25, -0.2) is 9.97 Å². The monoisotopic (exact) mass is 201 g/mol. The fourth-order valence-corrected chi connectivity index (χ4v) is 1.29. The summed E-state index contributed by atoms with van der Waals surface area (Å²) in [4.78, 5) is 12.1. The largest absolute Gasteiger partial charge is 0.398 e. The van der Waals surface area contributed by atoms with Crippen molar-refractivity contribution < 1.29 is 0 Å². The Bertz CT molecular complexity index is 443. The predicted molar refractivity (Wildman–Crippen MR) is 56.7 cm³/mol. The lowest BCUT2D eigenvalue weighted by Gasteiger charge is -2.11. The van der Waals surface area contributed by atoms with Crippen LogP contribution in [0.1, 0.15) is 17.4 Å². The Morgan fingerprint density at radius 1 is 1.13 bits per heavy atom. The summed E-state index contributed by atoms with van der Waals surface area (Å²) in [5.41, 5.74) is 13.1. The molecule has 2 heterocycles. The molecule has 2 aromatic heterocycles. The zero-order chi connectivity index (χ0) is 10.7. The molecule has 1 unspecified atom stereocenters. The van der Waals surface area contributed by atoms with E-state index in [1.165, 1.54) is 0 Å². The van der Waals surface area contributed by atoms with E-state index in [2.05, 4.69) is 15.0 Å². The molecular weight excluding hydrogens is 190 g/mol. The Balaban J connectivity index is 2.37. The molecule has 0 radical (unpaired) electrons.